The fraction of sp³-hybridized carbons (Fsp3) is 0.255. The molecule has 0 fully saturated rings. The van der Waals surface area contributed by atoms with Crippen molar-refractivity contribution in [2.45, 2.75) is 73.1 Å². The second-order valence-electron chi connectivity index (χ2n) is 36.9. The summed E-state index contributed by atoms with van der Waals surface area (Å²) < 4.78 is 90.7. The summed E-state index contributed by atoms with van der Waals surface area (Å²) in [6, 6.07) is 28.3. The van der Waals surface area contributed by atoms with Crippen molar-refractivity contribution in [3.05, 3.63) is 288 Å². The van der Waals surface area contributed by atoms with E-state index in [0.29, 0.717) is 133 Å². The zero-order chi connectivity index (χ0) is 106. The third kappa shape index (κ3) is 19.5. The number of imidazole rings is 4. The zero-order valence-corrected chi connectivity index (χ0v) is 84.4. The number of aromatic amines is 2. The number of benzene rings is 7. The molecule has 35 nitrogen and oxygen atoms in total. The van der Waals surface area contributed by atoms with Crippen LogP contribution in [0.25, 0.3) is 89.3 Å². The number of ether oxygens (including phenoxy) is 2. The lowest BCUT2D eigenvalue weighted by molar-refractivity contribution is -0.124. The number of halogens is 7. The predicted octanol–water partition coefficient (Wildman–Crippen LogP) is 14.2. The standard InChI is InChI=1S/C27H25ClFN5O3.C27H25F2N5O4.C26H23ClFN5O3.C26H25FN6O4/c1-15-9-16(29)5-6-18(15)25-30-12-17-13-33(7-8-34(17)25)26(36)20-10-19-21(24(35)27(37)31(2)3)14-32(4)23(19)11-22(20)28;1-31(2)27(37)24(35)20-14-32(3)22-11-23(38-4)19(10-18(20)22)26(36)33-7-8-34-16(13-33)12-30-25(34)17-6-5-15(28)9-21(17)29;1-14-8-15(28)4-5-17(14)24-30-11-16-13-32(6-7-33(16)24)25(35)19-9-18-20(23(34)26(36)31(2)3)12-29-22(18)10-21(19)27;1-14-9-15(27)5-6-17(14)23-29-11-16-13-32(7-8-33(16)23)25(35)19-10-18-20(21(34)26(36)31(2)3)12-28-22(18)30-24(19)37-4/h5-6,9-12,14H,7-8,13H2,1-4H3;5-6,9-12,14H,7-8,13H2,1-4H3;4-5,8-12,29H,6-7,13H2,1-3H3;5-6,9-12H,7-8,13H2,1-4H3,(H,28,30). The molecule has 0 spiro atoms. The minimum Gasteiger partial charge on any atom is -0.496 e. The molecule has 2 N–H and O–H groups in total. The number of ketones is 4. The Labute approximate surface area is 852 Å². The molecule has 0 radical (unpaired) electrons. The second kappa shape index (κ2) is 41.2. The van der Waals surface area contributed by atoms with E-state index in [0.717, 1.165) is 74.0 Å². The van der Waals surface area contributed by atoms with E-state index in [9.17, 15) is 79.5 Å². The van der Waals surface area contributed by atoms with Crippen LogP contribution in [0.2, 0.25) is 10.0 Å². The van der Waals surface area contributed by atoms with Crippen molar-refractivity contribution in [3.63, 3.8) is 0 Å². The molecule has 148 heavy (non-hydrogen) atoms. The van der Waals surface area contributed by atoms with Crippen molar-refractivity contribution < 1.29 is 89.0 Å². The molecule has 0 atom stereocenters. The summed E-state index contributed by atoms with van der Waals surface area (Å²) in [5.74, 6) is -5.86. The highest BCUT2D eigenvalue weighted by molar-refractivity contribution is 6.47. The number of nitrogens with zero attached hydrogens (tertiary/aromatic N) is 19. The number of aryl methyl sites for hydroxylation is 5. The number of carbonyl (C=O) groups is 12. The van der Waals surface area contributed by atoms with Crippen molar-refractivity contribution in [2.24, 2.45) is 14.1 Å². The molecule has 0 unspecified atom stereocenters. The smallest absolute Gasteiger partial charge is 0.294 e. The van der Waals surface area contributed by atoms with Gasteiger partial charge >= 0.3 is 0 Å². The molecular formula is C106H98Cl2F5N21O14. The molecule has 9 aromatic heterocycles. The number of rotatable bonds is 18. The fourth-order valence-corrected chi connectivity index (χ4v) is 19.1. The Balaban J connectivity index is 0.000000135. The topological polar surface area (TPSA) is 375 Å². The van der Waals surface area contributed by atoms with Crippen molar-refractivity contribution >= 4 is 137 Å². The molecule has 42 heteroatoms. The third-order valence-electron chi connectivity index (χ3n) is 26.4. The summed E-state index contributed by atoms with van der Waals surface area (Å²) >= 11 is 13.0. The molecule has 0 saturated heterocycles. The number of likely N-dealkylation sites (N-methyl/N-ethyl adjacent to an activating group) is 4. The van der Waals surface area contributed by atoms with Gasteiger partial charge < -0.3 is 86.0 Å². The first kappa shape index (κ1) is 102. The highest BCUT2D eigenvalue weighted by Gasteiger charge is 2.37. The maximum Gasteiger partial charge on any atom is 0.294 e. The molecule has 13 heterocycles. The summed E-state index contributed by atoms with van der Waals surface area (Å²) in [5, 5.41) is 2.28. The predicted molar refractivity (Wildman–Crippen MR) is 539 cm³/mol. The van der Waals surface area contributed by atoms with E-state index < -0.39 is 58.4 Å². The van der Waals surface area contributed by atoms with Crippen molar-refractivity contribution in [2.75, 3.05) is 96.8 Å². The molecule has 4 aliphatic rings. The molecule has 7 aromatic carbocycles. The summed E-state index contributed by atoms with van der Waals surface area (Å²) in [7, 11) is 18.4. The van der Waals surface area contributed by atoms with E-state index in [2.05, 4.69) is 34.9 Å². The van der Waals surface area contributed by atoms with E-state index in [1.807, 2.05) is 34.5 Å². The van der Waals surface area contributed by atoms with Gasteiger partial charge in [-0.05, 0) is 141 Å². The fourth-order valence-electron chi connectivity index (χ4n) is 18.6. The third-order valence-corrected chi connectivity index (χ3v) is 27.1. The first-order valence-corrected chi connectivity index (χ1v) is 47.2. The molecule has 20 rings (SSSR count). The van der Waals surface area contributed by atoms with Crippen LogP contribution in [0.4, 0.5) is 22.0 Å². The van der Waals surface area contributed by atoms with E-state index in [1.54, 1.807) is 139 Å². The van der Waals surface area contributed by atoms with Crippen LogP contribution in [0.15, 0.2) is 165 Å². The highest BCUT2D eigenvalue weighted by Crippen LogP contribution is 2.40. The number of fused-ring (bicyclic) bond motifs is 8. The number of amides is 8. The average Bonchev–Trinajstić information content (AvgIpc) is 1.62. The van der Waals surface area contributed by atoms with Gasteiger partial charge in [-0.15, -0.1) is 0 Å². The van der Waals surface area contributed by atoms with E-state index in [4.69, 9.17) is 32.7 Å². The lowest BCUT2D eigenvalue weighted by Gasteiger charge is -2.29. The van der Waals surface area contributed by atoms with E-state index in [1.165, 1.54) is 157 Å². The van der Waals surface area contributed by atoms with Crippen molar-refractivity contribution in [1.29, 1.82) is 0 Å². The average molecular weight is 2060 g/mol. The number of H-pyrrole nitrogens is 2. The summed E-state index contributed by atoms with van der Waals surface area (Å²) in [6.07, 6.45) is 12.7. The molecule has 0 aliphatic carbocycles. The SMILES string of the molecule is COc1cc2c(cc1C(=O)N1CCn3c(cnc3-c3ccc(F)cc3F)C1)c(C(=O)C(=O)N(C)C)cn2C.COc1nc2[nH]cc(C(=O)C(=O)N(C)C)c2cc1C(=O)N1CCn2c(cnc2-c2ccc(F)cc2C)C1.Cc1cc(F)ccc1-c1ncc2n1CCN(C(=O)c1cc3c(C(=O)C(=O)N(C)C)c[nH]c3cc1Cl)C2.Cc1cc(F)ccc1-c1ncc2n1CCN(C(=O)c1cc3c(C(=O)C(=O)N(C)C)cn(C)c3cc1Cl)C2. The number of Topliss-reactive ketones (excluding diaryl/α,β-unsaturated/α-hetero) is 4. The number of pyridine rings is 1. The zero-order valence-electron chi connectivity index (χ0n) is 82.9. The van der Waals surface area contributed by atoms with Crippen LogP contribution in [0.1, 0.15) is 122 Å². The maximum absolute atomic E-state index is 14.4. The van der Waals surface area contributed by atoms with Gasteiger partial charge in [-0.1, -0.05) is 23.2 Å². The van der Waals surface area contributed by atoms with Gasteiger partial charge in [0.2, 0.25) is 5.88 Å². The van der Waals surface area contributed by atoms with Crippen LogP contribution in [0.3, 0.4) is 0 Å². The summed E-state index contributed by atoms with van der Waals surface area (Å²) in [4.78, 5) is 194. The van der Waals surface area contributed by atoms with Gasteiger partial charge in [-0.3, -0.25) is 57.5 Å². The molecular weight excluding hydrogens is 1960 g/mol. The van der Waals surface area contributed by atoms with Crippen molar-refractivity contribution in [3.8, 4) is 57.2 Å². The number of hydrogen-bond donors (Lipinski definition) is 2. The van der Waals surface area contributed by atoms with Gasteiger partial charge in [-0.25, -0.2) is 41.9 Å². The minimum atomic E-state index is -0.712. The minimum absolute atomic E-state index is 0.110. The Hall–Kier alpha value is -17.0. The van der Waals surface area contributed by atoms with E-state index in [-0.39, 0.29) is 114 Å². The highest BCUT2D eigenvalue weighted by atomic mass is 35.5. The monoisotopic (exact) mass is 2050 g/mol. The van der Waals surface area contributed by atoms with E-state index >= 15 is 0 Å². The molecule has 4 aliphatic heterocycles. The number of nitrogens with one attached hydrogen (secondary N) is 2. The Morgan fingerprint density at radius 3 is 1.05 bits per heavy atom. The normalized spacial score (nSPS) is 13.0. The Bertz CT molecular complexity index is 8240. The largest absolute Gasteiger partial charge is 0.496 e. The Morgan fingerprint density at radius 2 is 0.676 bits per heavy atom. The molecule has 0 bridgehead atoms. The van der Waals surface area contributed by atoms with Crippen LogP contribution in [-0.4, -0.2) is 269 Å². The lowest BCUT2D eigenvalue weighted by atomic mass is 10.0. The quantitative estimate of drug-likeness (QED) is 0.0458. The van der Waals surface area contributed by atoms with Crippen LogP contribution in [-0.2, 0) is 85.6 Å². The second-order valence-corrected chi connectivity index (χ2v) is 37.7. The van der Waals surface area contributed by atoms with Gasteiger partial charge in [0.25, 0.3) is 70.4 Å². The summed E-state index contributed by atoms with van der Waals surface area (Å²) in [5.41, 5.74) is 12.1. The Morgan fingerprint density at radius 1 is 0.351 bits per heavy atom. The number of aromatic nitrogens is 13. The first-order valence-electron chi connectivity index (χ1n) is 46.5. The number of hydrogen-bond acceptors (Lipinski definition) is 19. The molecule has 16 aromatic rings. The van der Waals surface area contributed by atoms with Gasteiger partial charge in [0, 0.05) is 204 Å². The maximum atomic E-state index is 14.4. The Kier molecular flexibility index (Phi) is 28.5. The summed E-state index contributed by atoms with van der Waals surface area (Å²) in [6.45, 7) is 10.1. The molecule has 8 amide bonds. The van der Waals surface area contributed by atoms with Gasteiger partial charge in [0.05, 0.1) is 154 Å². The first-order chi connectivity index (χ1) is 70.5. The molecule has 760 valence electrons. The van der Waals surface area contributed by atoms with Crippen LogP contribution < -0.4 is 9.47 Å². The number of carbonyl (C=O) groups excluding carboxylic acids is 12. The van der Waals surface area contributed by atoms with Gasteiger partial charge in [0.15, 0.2) is 0 Å². The lowest BCUT2D eigenvalue weighted by Crippen LogP contribution is -2.38. The van der Waals surface area contributed by atoms with Gasteiger partial charge in [-0.2, -0.15) is 4.98 Å². The van der Waals surface area contributed by atoms with Crippen LogP contribution >= 0.6 is 23.2 Å². The van der Waals surface area contributed by atoms with Crippen molar-refractivity contribution in [1.82, 2.24) is 101 Å². The molecule has 0 saturated carbocycles. The van der Waals surface area contributed by atoms with Gasteiger partial charge in [0.1, 0.15) is 69.3 Å². The van der Waals surface area contributed by atoms with Crippen LogP contribution in [0, 0.1) is 49.9 Å². The van der Waals surface area contributed by atoms with Crippen LogP contribution in [0.5, 0.6) is 11.6 Å². The number of methoxy groups -OCH3 is 2.